The van der Waals surface area contributed by atoms with Gasteiger partial charge in [-0.2, -0.15) is 0 Å². The smallest absolute Gasteiger partial charge is 0.0604 e. The fourth-order valence-corrected chi connectivity index (χ4v) is 2.17. The van der Waals surface area contributed by atoms with E-state index in [2.05, 4.69) is 22.8 Å². The van der Waals surface area contributed by atoms with Gasteiger partial charge in [0.2, 0.25) is 0 Å². The Labute approximate surface area is 74.4 Å². The van der Waals surface area contributed by atoms with Crippen molar-refractivity contribution in [2.75, 3.05) is 13.1 Å². The van der Waals surface area contributed by atoms with E-state index in [-0.39, 0.29) is 0 Å². The second-order valence-electron chi connectivity index (χ2n) is 3.78. The van der Waals surface area contributed by atoms with E-state index in [0.29, 0.717) is 6.17 Å². The molecule has 1 atom stereocenters. The summed E-state index contributed by atoms with van der Waals surface area (Å²) in [5.74, 6) is 0.825. The normalized spacial score (nSPS) is 32.2. The molecule has 1 aliphatic heterocycles. The highest BCUT2D eigenvalue weighted by Crippen LogP contribution is 2.21. The van der Waals surface area contributed by atoms with E-state index in [1.54, 1.807) is 0 Å². The van der Waals surface area contributed by atoms with Gasteiger partial charge < -0.3 is 10.6 Å². The number of hydrogen-bond donors (Lipinski definition) is 2. The molecule has 1 fully saturated rings. The minimum absolute atomic E-state index is 0.591. The lowest BCUT2D eigenvalue weighted by atomic mass is 9.98. The first-order chi connectivity index (χ1) is 5.97. The van der Waals surface area contributed by atoms with Crippen LogP contribution in [0.3, 0.4) is 0 Å². The van der Waals surface area contributed by atoms with Crippen molar-refractivity contribution in [1.29, 1.82) is 0 Å². The van der Waals surface area contributed by atoms with Crippen LogP contribution in [-0.4, -0.2) is 19.3 Å². The Morgan fingerprint density at radius 3 is 2.75 bits per heavy atom. The third kappa shape index (κ3) is 1.87. The molecule has 1 saturated heterocycles. The van der Waals surface area contributed by atoms with Crippen molar-refractivity contribution in [3.8, 4) is 0 Å². The Morgan fingerprint density at radius 1 is 1.08 bits per heavy atom. The van der Waals surface area contributed by atoms with Crippen LogP contribution in [0, 0.1) is 5.92 Å². The largest absolute Gasteiger partial charge is 0.300 e. The third-order valence-electron chi connectivity index (χ3n) is 2.88. The molecule has 0 aromatic rings. The molecular formula is C10H18N2. The highest BCUT2D eigenvalue weighted by molar-refractivity contribution is 4.92. The zero-order chi connectivity index (χ0) is 8.23. The predicted molar refractivity (Wildman–Crippen MR) is 50.9 cm³/mol. The molecular weight excluding hydrogens is 148 g/mol. The first-order valence-electron chi connectivity index (χ1n) is 5.08. The first-order valence-corrected chi connectivity index (χ1v) is 5.08. The predicted octanol–water partition coefficient (Wildman–Crippen LogP) is 1.25. The highest BCUT2D eigenvalue weighted by atomic mass is 15.2. The van der Waals surface area contributed by atoms with Gasteiger partial charge in [0, 0.05) is 13.1 Å². The molecule has 1 heterocycles. The van der Waals surface area contributed by atoms with Gasteiger partial charge in [0.15, 0.2) is 0 Å². The van der Waals surface area contributed by atoms with E-state index in [0.717, 1.165) is 19.0 Å². The second kappa shape index (κ2) is 4.06. The molecule has 68 valence electrons. The molecule has 2 rings (SSSR count). The molecule has 0 amide bonds. The Morgan fingerprint density at radius 2 is 1.92 bits per heavy atom. The Hall–Kier alpha value is -0.340. The van der Waals surface area contributed by atoms with Crippen LogP contribution in [0.15, 0.2) is 12.2 Å². The maximum Gasteiger partial charge on any atom is 0.0604 e. The molecule has 0 aromatic heterocycles. The van der Waals surface area contributed by atoms with Crippen LogP contribution in [0.4, 0.5) is 0 Å². The van der Waals surface area contributed by atoms with Crippen molar-refractivity contribution in [1.82, 2.24) is 10.6 Å². The fourth-order valence-electron chi connectivity index (χ4n) is 2.17. The molecule has 2 N–H and O–H groups in total. The lowest BCUT2D eigenvalue weighted by Gasteiger charge is -2.21. The van der Waals surface area contributed by atoms with Crippen molar-refractivity contribution in [2.45, 2.75) is 31.8 Å². The monoisotopic (exact) mass is 166 g/mol. The van der Waals surface area contributed by atoms with Gasteiger partial charge >= 0.3 is 0 Å². The van der Waals surface area contributed by atoms with Crippen LogP contribution < -0.4 is 10.6 Å². The molecule has 0 saturated carbocycles. The van der Waals surface area contributed by atoms with Crippen molar-refractivity contribution in [3.05, 3.63) is 12.2 Å². The number of rotatable bonds is 1. The number of nitrogens with one attached hydrogen (secondary N) is 2. The Kier molecular flexibility index (Phi) is 2.79. The standard InChI is InChI=1S/C10H18N2/c1-2-4-6-9(5-3-1)10-11-7-8-12-10/h1,3,9-12H,2,4-8H2. The lowest BCUT2D eigenvalue weighted by Crippen LogP contribution is -2.38. The summed E-state index contributed by atoms with van der Waals surface area (Å²) in [6, 6.07) is 0. The summed E-state index contributed by atoms with van der Waals surface area (Å²) in [5.41, 5.74) is 0. The zero-order valence-corrected chi connectivity index (χ0v) is 7.55. The van der Waals surface area contributed by atoms with E-state index in [9.17, 15) is 0 Å². The molecule has 1 unspecified atom stereocenters. The summed E-state index contributed by atoms with van der Waals surface area (Å²) < 4.78 is 0. The van der Waals surface area contributed by atoms with E-state index in [1.807, 2.05) is 0 Å². The molecule has 2 aliphatic rings. The van der Waals surface area contributed by atoms with Gasteiger partial charge in [0.1, 0.15) is 0 Å². The lowest BCUT2D eigenvalue weighted by molar-refractivity contribution is 0.341. The molecule has 0 radical (unpaired) electrons. The van der Waals surface area contributed by atoms with Gasteiger partial charge in [-0.05, 0) is 31.6 Å². The molecule has 0 aromatic carbocycles. The number of hydrogen-bond acceptors (Lipinski definition) is 2. The van der Waals surface area contributed by atoms with E-state index in [4.69, 9.17) is 0 Å². The molecule has 0 spiro atoms. The summed E-state index contributed by atoms with van der Waals surface area (Å²) in [6.07, 6.45) is 10.5. The fraction of sp³-hybridized carbons (Fsp3) is 0.800. The second-order valence-corrected chi connectivity index (χ2v) is 3.78. The summed E-state index contributed by atoms with van der Waals surface area (Å²) in [5, 5.41) is 7.02. The topological polar surface area (TPSA) is 24.1 Å². The van der Waals surface area contributed by atoms with Gasteiger partial charge in [-0.1, -0.05) is 12.2 Å². The molecule has 0 bridgehead atoms. The van der Waals surface area contributed by atoms with Crippen molar-refractivity contribution in [3.63, 3.8) is 0 Å². The minimum atomic E-state index is 0.591. The Bertz CT molecular complexity index is 159. The highest BCUT2D eigenvalue weighted by Gasteiger charge is 2.22. The van der Waals surface area contributed by atoms with Crippen LogP contribution in [0.5, 0.6) is 0 Å². The van der Waals surface area contributed by atoms with Gasteiger partial charge in [0.05, 0.1) is 6.17 Å². The SMILES string of the molecule is C1=CCC(C2NCCN2)CCC1. The molecule has 2 nitrogen and oxygen atoms in total. The van der Waals surface area contributed by atoms with Crippen LogP contribution in [0.25, 0.3) is 0 Å². The van der Waals surface area contributed by atoms with Crippen molar-refractivity contribution in [2.24, 2.45) is 5.92 Å². The van der Waals surface area contributed by atoms with Gasteiger partial charge in [0.25, 0.3) is 0 Å². The zero-order valence-electron chi connectivity index (χ0n) is 7.55. The van der Waals surface area contributed by atoms with Crippen LogP contribution in [-0.2, 0) is 0 Å². The van der Waals surface area contributed by atoms with E-state index in [1.165, 1.54) is 25.7 Å². The third-order valence-corrected chi connectivity index (χ3v) is 2.88. The summed E-state index contributed by atoms with van der Waals surface area (Å²) in [7, 11) is 0. The van der Waals surface area contributed by atoms with Gasteiger partial charge in [-0.25, -0.2) is 0 Å². The molecule has 1 aliphatic carbocycles. The maximum atomic E-state index is 3.51. The van der Waals surface area contributed by atoms with E-state index >= 15 is 0 Å². The van der Waals surface area contributed by atoms with Gasteiger partial charge in [-0.3, -0.25) is 0 Å². The van der Waals surface area contributed by atoms with Crippen molar-refractivity contribution < 1.29 is 0 Å². The van der Waals surface area contributed by atoms with Crippen LogP contribution in [0.2, 0.25) is 0 Å². The molecule has 2 heteroatoms. The van der Waals surface area contributed by atoms with Crippen LogP contribution in [0.1, 0.15) is 25.7 Å². The van der Waals surface area contributed by atoms with E-state index < -0.39 is 0 Å². The molecule has 12 heavy (non-hydrogen) atoms. The average molecular weight is 166 g/mol. The minimum Gasteiger partial charge on any atom is -0.300 e. The summed E-state index contributed by atoms with van der Waals surface area (Å²) >= 11 is 0. The van der Waals surface area contributed by atoms with Gasteiger partial charge in [-0.15, -0.1) is 0 Å². The Balaban J connectivity index is 1.88. The summed E-state index contributed by atoms with van der Waals surface area (Å²) in [6.45, 7) is 2.29. The summed E-state index contributed by atoms with van der Waals surface area (Å²) in [4.78, 5) is 0. The average Bonchev–Trinajstić information content (AvgIpc) is 2.48. The quantitative estimate of drug-likeness (QED) is 0.573. The first kappa shape index (κ1) is 8.27. The van der Waals surface area contributed by atoms with Crippen LogP contribution >= 0.6 is 0 Å². The number of allylic oxidation sites excluding steroid dienone is 2. The van der Waals surface area contributed by atoms with Crippen molar-refractivity contribution >= 4 is 0 Å². The maximum absolute atomic E-state index is 3.51.